The lowest BCUT2D eigenvalue weighted by molar-refractivity contribution is -0.142. The maximum Gasteiger partial charge on any atom is 0.469 e. The fourth-order valence-electron chi connectivity index (χ4n) is 4.46. The number of primary amides is 1. The first-order valence-corrected chi connectivity index (χ1v) is 18.0. The van der Waals surface area contributed by atoms with Crippen LogP contribution < -0.4 is 55.3 Å². The normalized spacial score (nSPS) is 15.8. The molecule has 0 fully saturated rings. The molecule has 53 heavy (non-hydrogen) atoms. The van der Waals surface area contributed by atoms with Crippen molar-refractivity contribution in [2.24, 2.45) is 33.7 Å². The monoisotopic (exact) mass is 783 g/mol. The number of phosphoric acid groups is 1. The summed E-state index contributed by atoms with van der Waals surface area (Å²) in [7, 11) is -5.23. The summed E-state index contributed by atoms with van der Waals surface area (Å²) in [5, 5.41) is 30.5. The number of rotatable bonds is 26. The summed E-state index contributed by atoms with van der Waals surface area (Å²) in [5.74, 6) is -7.77. The number of hydrogen-bond acceptors (Lipinski definition) is 13. The van der Waals surface area contributed by atoms with Crippen LogP contribution in [0.3, 0.4) is 0 Å². The molecule has 6 amide bonds. The SMILES string of the molecule is C[C@H](NC(=O)[C@@H](NC(=O)[C@H](CCC(N)=O)NC(=O)[C@H](CCCCN)NC(=O)[C@@H](NC(=O)[C@@H](N)CCCN=C(N)N)[C@@H](C)OP(=O)(O)O)[C@@H](C)O)C(=O)O. The van der Waals surface area contributed by atoms with Crippen molar-refractivity contribution < 1.29 is 62.7 Å². The van der Waals surface area contributed by atoms with Gasteiger partial charge in [0.15, 0.2) is 5.96 Å². The molecule has 0 aliphatic rings. The van der Waals surface area contributed by atoms with E-state index in [1.165, 1.54) is 0 Å². The molecule has 19 N–H and O–H groups in total. The maximum atomic E-state index is 13.6. The van der Waals surface area contributed by atoms with Gasteiger partial charge in [0.25, 0.3) is 0 Å². The number of hydrogen-bond donors (Lipinski definition) is 14. The van der Waals surface area contributed by atoms with Crippen LogP contribution in [0.1, 0.15) is 65.7 Å². The van der Waals surface area contributed by atoms with Crippen LogP contribution in [0.15, 0.2) is 4.99 Å². The molecule has 0 radical (unpaired) electrons. The number of nitrogens with two attached hydrogens (primary N) is 5. The number of aliphatic carboxylic acids is 1. The molecule has 304 valence electrons. The Labute approximate surface area is 305 Å². The van der Waals surface area contributed by atoms with Crippen molar-refractivity contribution in [1.82, 2.24) is 26.6 Å². The second-order valence-electron chi connectivity index (χ2n) is 12.0. The Bertz CT molecular complexity index is 1340. The highest BCUT2D eigenvalue weighted by molar-refractivity contribution is 7.46. The number of carboxylic acid groups (broad SMARTS) is 1. The van der Waals surface area contributed by atoms with Crippen LogP contribution in [0.5, 0.6) is 0 Å². The van der Waals surface area contributed by atoms with Crippen LogP contribution in [-0.4, -0.2) is 129 Å². The van der Waals surface area contributed by atoms with Crippen LogP contribution >= 0.6 is 7.82 Å². The average molecular weight is 784 g/mol. The minimum atomic E-state index is -5.23. The Morgan fingerprint density at radius 2 is 1.26 bits per heavy atom. The summed E-state index contributed by atoms with van der Waals surface area (Å²) in [4.78, 5) is 111. The third kappa shape index (κ3) is 20.4. The number of nitrogens with zero attached hydrogens (tertiary/aromatic N) is 1. The number of amides is 6. The molecule has 0 aromatic heterocycles. The van der Waals surface area contributed by atoms with E-state index >= 15 is 0 Å². The molecule has 25 heteroatoms. The van der Waals surface area contributed by atoms with Crippen LogP contribution in [0.2, 0.25) is 0 Å². The second-order valence-corrected chi connectivity index (χ2v) is 13.2. The third-order valence-electron chi connectivity index (χ3n) is 7.34. The third-order valence-corrected chi connectivity index (χ3v) is 7.95. The van der Waals surface area contributed by atoms with Gasteiger partial charge in [-0.2, -0.15) is 0 Å². The number of carboxylic acids is 1. The Hall–Kier alpha value is -4.45. The fraction of sp³-hybridized carbons (Fsp3) is 0.714. The Morgan fingerprint density at radius 1 is 0.736 bits per heavy atom. The molecule has 0 saturated heterocycles. The zero-order chi connectivity index (χ0) is 41.1. The largest absolute Gasteiger partial charge is 0.480 e. The van der Waals surface area contributed by atoms with E-state index in [1.54, 1.807) is 0 Å². The first-order chi connectivity index (χ1) is 24.5. The molecular formula is C28H54N11O13P. The van der Waals surface area contributed by atoms with Gasteiger partial charge in [0, 0.05) is 13.0 Å². The smallest absolute Gasteiger partial charge is 0.469 e. The Balaban J connectivity index is 6.35. The lowest BCUT2D eigenvalue weighted by Crippen LogP contribution is -2.61. The topological polar surface area (TPSA) is 429 Å². The molecule has 0 heterocycles. The molecular weight excluding hydrogens is 729 g/mol. The van der Waals surface area contributed by atoms with Crippen molar-refractivity contribution in [3.63, 3.8) is 0 Å². The Kier molecular flexibility index (Phi) is 22.0. The van der Waals surface area contributed by atoms with Crippen molar-refractivity contribution in [2.45, 2.75) is 114 Å². The van der Waals surface area contributed by atoms with E-state index in [2.05, 4.69) is 36.1 Å². The minimum absolute atomic E-state index is 0.0275. The number of aliphatic imine (C=N–C) groups is 1. The highest BCUT2D eigenvalue weighted by atomic mass is 31.2. The zero-order valence-electron chi connectivity index (χ0n) is 29.7. The van der Waals surface area contributed by atoms with Gasteiger partial charge in [0.1, 0.15) is 30.2 Å². The number of nitrogens with one attached hydrogen (secondary N) is 5. The molecule has 0 aliphatic carbocycles. The van der Waals surface area contributed by atoms with E-state index in [-0.39, 0.29) is 44.7 Å². The van der Waals surface area contributed by atoms with Crippen LogP contribution in [0, 0.1) is 0 Å². The molecule has 24 nitrogen and oxygen atoms in total. The van der Waals surface area contributed by atoms with Crippen LogP contribution in [0.4, 0.5) is 0 Å². The first kappa shape index (κ1) is 48.5. The van der Waals surface area contributed by atoms with E-state index < -0.39 is 111 Å². The van der Waals surface area contributed by atoms with E-state index in [0.29, 0.717) is 6.42 Å². The first-order valence-electron chi connectivity index (χ1n) is 16.5. The molecule has 0 bridgehead atoms. The van der Waals surface area contributed by atoms with Gasteiger partial charge in [0.2, 0.25) is 35.4 Å². The fourth-order valence-corrected chi connectivity index (χ4v) is 5.01. The zero-order valence-corrected chi connectivity index (χ0v) is 30.6. The lowest BCUT2D eigenvalue weighted by atomic mass is 10.0. The summed E-state index contributed by atoms with van der Waals surface area (Å²) >= 11 is 0. The van der Waals surface area contributed by atoms with Gasteiger partial charge in [-0.05, 0) is 65.8 Å². The molecule has 0 saturated carbocycles. The summed E-state index contributed by atoms with van der Waals surface area (Å²) in [5.41, 5.74) is 27.3. The number of carbonyl (C=O) groups excluding carboxylic acids is 6. The maximum absolute atomic E-state index is 13.6. The van der Waals surface area contributed by atoms with E-state index in [4.69, 9.17) is 33.8 Å². The van der Waals surface area contributed by atoms with Gasteiger partial charge in [-0.25, -0.2) is 4.57 Å². The summed E-state index contributed by atoms with van der Waals surface area (Å²) in [6.07, 6.45) is -3.40. The standard InChI is InChI=1S/C28H54N11O13P/c1-13(27(47)48)35-25(45)20(14(2)40)38-24(44)18(9-10-19(31)41)36-23(43)17(8-4-5-11-29)37-26(46)21(15(3)52-53(49,50)51)39-22(42)16(30)7-6-12-34-28(32)33/h13-18,20-21,40H,4-12,29-30H2,1-3H3,(H2,31,41)(H,35,45)(H,36,43)(H,37,46)(H,38,44)(H,39,42)(H,47,48)(H4,32,33,34)(H2,49,50,51)/t13-,14+,15+,16-,17-,18-,20-,21-/m0/s1. The lowest BCUT2D eigenvalue weighted by Gasteiger charge is -2.29. The quantitative estimate of drug-likeness (QED) is 0.0168. The van der Waals surface area contributed by atoms with Gasteiger partial charge >= 0.3 is 13.8 Å². The highest BCUT2D eigenvalue weighted by Gasteiger charge is 2.37. The number of phosphoric ester groups is 1. The van der Waals surface area contributed by atoms with Crippen molar-refractivity contribution in [2.75, 3.05) is 13.1 Å². The van der Waals surface area contributed by atoms with Gasteiger partial charge in [-0.3, -0.25) is 43.1 Å². The van der Waals surface area contributed by atoms with Crippen molar-refractivity contribution in [1.29, 1.82) is 0 Å². The molecule has 0 unspecified atom stereocenters. The molecule has 8 atom stereocenters. The summed E-state index contributed by atoms with van der Waals surface area (Å²) in [6.45, 7) is 3.63. The van der Waals surface area contributed by atoms with Gasteiger partial charge in [-0.15, -0.1) is 0 Å². The summed E-state index contributed by atoms with van der Waals surface area (Å²) in [6, 6.07) is -9.31. The van der Waals surface area contributed by atoms with Crippen molar-refractivity contribution in [3.05, 3.63) is 0 Å². The predicted octanol–water partition coefficient (Wildman–Crippen LogP) is -5.83. The van der Waals surface area contributed by atoms with E-state index in [1.807, 2.05) is 0 Å². The second kappa shape index (κ2) is 24.0. The molecule has 0 spiro atoms. The van der Waals surface area contributed by atoms with Gasteiger partial charge in [-0.1, -0.05) is 0 Å². The van der Waals surface area contributed by atoms with Gasteiger partial charge < -0.3 is 75.3 Å². The average Bonchev–Trinajstić information content (AvgIpc) is 3.03. The molecule has 0 rings (SSSR count). The number of aliphatic hydroxyl groups is 1. The Morgan fingerprint density at radius 3 is 1.77 bits per heavy atom. The number of carbonyl (C=O) groups is 7. The molecule has 0 aromatic rings. The number of unbranched alkanes of at least 4 members (excludes halogenated alkanes) is 1. The summed E-state index contributed by atoms with van der Waals surface area (Å²) < 4.78 is 16.3. The van der Waals surface area contributed by atoms with Crippen LogP contribution in [0.25, 0.3) is 0 Å². The molecule has 0 aliphatic heterocycles. The van der Waals surface area contributed by atoms with E-state index in [0.717, 1.165) is 20.8 Å². The number of guanidine groups is 1. The predicted molar refractivity (Wildman–Crippen MR) is 186 cm³/mol. The molecule has 0 aromatic carbocycles. The van der Waals surface area contributed by atoms with Crippen molar-refractivity contribution >= 4 is 55.2 Å². The van der Waals surface area contributed by atoms with Crippen molar-refractivity contribution in [3.8, 4) is 0 Å². The van der Waals surface area contributed by atoms with E-state index in [9.17, 15) is 53.0 Å². The van der Waals surface area contributed by atoms with Crippen LogP contribution in [-0.2, 0) is 42.7 Å². The highest BCUT2D eigenvalue weighted by Crippen LogP contribution is 2.38. The van der Waals surface area contributed by atoms with Gasteiger partial charge in [0.05, 0.1) is 18.2 Å². The minimum Gasteiger partial charge on any atom is -0.480 e. The number of aliphatic hydroxyl groups excluding tert-OH is 1.